The molecule has 1 heterocycles. The summed E-state index contributed by atoms with van der Waals surface area (Å²) in [5.41, 5.74) is -0.491. The Morgan fingerprint density at radius 2 is 2.50 bits per heavy atom. The molecule has 0 bridgehead atoms. The highest BCUT2D eigenvalue weighted by Gasteiger charge is 2.31. The number of hydrogen-bond acceptors (Lipinski definition) is 4. The van der Waals surface area contributed by atoms with Crippen LogP contribution in [0.15, 0.2) is 0 Å². The predicted molar refractivity (Wildman–Crippen MR) is 35.4 cm³/mol. The van der Waals surface area contributed by atoms with Crippen LogP contribution in [0, 0.1) is 0 Å². The number of hydrogen-bond donors (Lipinski definition) is 0. The highest BCUT2D eigenvalue weighted by Crippen LogP contribution is 2.34. The van der Waals surface area contributed by atoms with E-state index in [1.807, 2.05) is 0 Å². The lowest BCUT2D eigenvalue weighted by molar-refractivity contribution is -0.137. The van der Waals surface area contributed by atoms with Crippen LogP contribution in [-0.2, 0) is 18.6 Å². The quantitative estimate of drug-likeness (QED) is 0.438. The zero-order valence-electron chi connectivity index (χ0n) is 5.62. The molecule has 5 heteroatoms. The van der Waals surface area contributed by atoms with Gasteiger partial charge in [0, 0.05) is 13.5 Å². The molecule has 0 radical (unpaired) electrons. The maximum Gasteiger partial charge on any atom is 0.318 e. The Bertz CT molecular complexity index is 167. The zero-order chi connectivity index (χ0) is 7.56. The molecule has 4 nitrogen and oxygen atoms in total. The molecule has 1 fully saturated rings. The summed E-state index contributed by atoms with van der Waals surface area (Å²) in [5.74, 6) is -0.384. The molecule has 0 spiro atoms. The minimum atomic E-state index is -2.18. The van der Waals surface area contributed by atoms with Gasteiger partial charge in [0.15, 0.2) is 0 Å². The first-order valence-corrected chi connectivity index (χ1v) is 4.39. The van der Waals surface area contributed by atoms with Gasteiger partial charge in [0.1, 0.15) is 5.66 Å². The van der Waals surface area contributed by atoms with Crippen LogP contribution >= 0.6 is 8.03 Å². The second-order valence-electron chi connectivity index (χ2n) is 2.03. The Balaban J connectivity index is 2.55. The van der Waals surface area contributed by atoms with Gasteiger partial charge < -0.3 is 9.26 Å². The van der Waals surface area contributed by atoms with E-state index in [1.54, 1.807) is 0 Å². The van der Waals surface area contributed by atoms with E-state index in [1.165, 1.54) is 7.11 Å². The molecule has 0 aromatic heterocycles. The molecule has 1 saturated heterocycles. The number of carbonyl (C=O) groups is 1. The first-order valence-electron chi connectivity index (χ1n) is 3.00. The molecule has 1 rings (SSSR count). The maximum atomic E-state index is 10.9. The summed E-state index contributed by atoms with van der Waals surface area (Å²) in [7, 11) is -0.840. The Morgan fingerprint density at radius 3 is 2.90 bits per heavy atom. The average molecular weight is 164 g/mol. The highest BCUT2D eigenvalue weighted by molar-refractivity contribution is 7.41. The zero-order valence-corrected chi connectivity index (χ0v) is 6.62. The average Bonchev–Trinajstić information content (AvgIpc) is 2.34. The summed E-state index contributed by atoms with van der Waals surface area (Å²) in [6.45, 7) is 0.378. The molecular weight excluding hydrogens is 155 g/mol. The fourth-order valence-corrected chi connectivity index (χ4v) is 1.77. The largest absolute Gasteiger partial charge is 0.465 e. The van der Waals surface area contributed by atoms with E-state index in [9.17, 15) is 9.36 Å². The number of rotatable bonds is 2. The molecule has 0 saturated carbocycles. The molecular formula is C5H9O4P. The van der Waals surface area contributed by atoms with Crippen molar-refractivity contribution in [2.75, 3.05) is 13.7 Å². The number of cyclic esters (lactones) is 1. The molecule has 2 atom stereocenters. The normalized spacial score (nSPS) is 28.1. The summed E-state index contributed by atoms with van der Waals surface area (Å²) in [5, 5.41) is 0. The van der Waals surface area contributed by atoms with E-state index in [2.05, 4.69) is 9.26 Å². The van der Waals surface area contributed by atoms with Crippen molar-refractivity contribution in [2.45, 2.75) is 12.1 Å². The van der Waals surface area contributed by atoms with E-state index in [0.717, 1.165) is 0 Å². The molecule has 0 amide bonds. The van der Waals surface area contributed by atoms with Crippen molar-refractivity contribution in [1.29, 1.82) is 0 Å². The Labute approximate surface area is 59.4 Å². The van der Waals surface area contributed by atoms with Crippen LogP contribution in [0.4, 0.5) is 0 Å². The first-order chi connectivity index (χ1) is 4.75. The third-order valence-corrected chi connectivity index (χ3v) is 2.92. The van der Waals surface area contributed by atoms with Crippen LogP contribution in [0.25, 0.3) is 0 Å². The molecule has 2 unspecified atom stereocenters. The van der Waals surface area contributed by atoms with Crippen LogP contribution < -0.4 is 0 Å². The number of esters is 1. The van der Waals surface area contributed by atoms with Gasteiger partial charge in [-0.05, 0) is 0 Å². The first kappa shape index (κ1) is 7.76. The SMILES string of the molecule is CO[PH](=O)C1CCOC1=O. The standard InChI is InChI=1S/C5H9O4P/c1-8-10(7)4-2-3-9-5(4)6/h4,10H,2-3H2,1H3. The highest BCUT2D eigenvalue weighted by atomic mass is 31.1. The fraction of sp³-hybridized carbons (Fsp3) is 0.800. The van der Waals surface area contributed by atoms with E-state index in [-0.39, 0.29) is 5.97 Å². The van der Waals surface area contributed by atoms with Gasteiger partial charge in [-0.2, -0.15) is 0 Å². The van der Waals surface area contributed by atoms with Crippen molar-refractivity contribution in [3.05, 3.63) is 0 Å². The minimum Gasteiger partial charge on any atom is -0.465 e. The Hall–Kier alpha value is -0.340. The fourth-order valence-electron chi connectivity index (χ4n) is 0.852. The number of carbonyl (C=O) groups excluding carboxylic acids is 1. The second kappa shape index (κ2) is 3.17. The molecule has 0 aliphatic carbocycles. The lowest BCUT2D eigenvalue weighted by Crippen LogP contribution is -2.09. The Morgan fingerprint density at radius 1 is 1.80 bits per heavy atom. The third-order valence-electron chi connectivity index (χ3n) is 1.42. The monoisotopic (exact) mass is 164 g/mol. The van der Waals surface area contributed by atoms with Gasteiger partial charge in [-0.3, -0.25) is 9.36 Å². The van der Waals surface area contributed by atoms with Crippen molar-refractivity contribution < 1.29 is 18.6 Å². The third kappa shape index (κ3) is 1.39. The summed E-state index contributed by atoms with van der Waals surface area (Å²) in [6.07, 6.45) is 0.532. The molecule has 0 N–H and O–H groups in total. The molecule has 58 valence electrons. The van der Waals surface area contributed by atoms with Crippen molar-refractivity contribution >= 4 is 14.0 Å². The summed E-state index contributed by atoms with van der Waals surface area (Å²) < 4.78 is 20.0. The van der Waals surface area contributed by atoms with Crippen LogP contribution in [0.1, 0.15) is 6.42 Å². The molecule has 1 aliphatic rings. The van der Waals surface area contributed by atoms with Crippen molar-refractivity contribution in [3.8, 4) is 0 Å². The number of ether oxygens (including phenoxy) is 1. The topological polar surface area (TPSA) is 52.6 Å². The van der Waals surface area contributed by atoms with Gasteiger partial charge in [-0.15, -0.1) is 0 Å². The van der Waals surface area contributed by atoms with Gasteiger partial charge >= 0.3 is 5.97 Å². The van der Waals surface area contributed by atoms with Gasteiger partial charge in [0.05, 0.1) is 6.61 Å². The molecule has 10 heavy (non-hydrogen) atoms. The van der Waals surface area contributed by atoms with Gasteiger partial charge in [-0.25, -0.2) is 0 Å². The van der Waals surface area contributed by atoms with Gasteiger partial charge in [0.25, 0.3) is 0 Å². The van der Waals surface area contributed by atoms with Crippen molar-refractivity contribution in [2.24, 2.45) is 0 Å². The summed E-state index contributed by atoms with van der Waals surface area (Å²) >= 11 is 0. The van der Waals surface area contributed by atoms with Crippen LogP contribution in [0.2, 0.25) is 0 Å². The van der Waals surface area contributed by atoms with Crippen molar-refractivity contribution in [1.82, 2.24) is 0 Å². The van der Waals surface area contributed by atoms with E-state index in [4.69, 9.17) is 0 Å². The predicted octanol–water partition coefficient (Wildman–Crippen LogP) is 0.423. The van der Waals surface area contributed by atoms with Gasteiger partial charge in [0.2, 0.25) is 8.03 Å². The van der Waals surface area contributed by atoms with Crippen LogP contribution in [0.3, 0.4) is 0 Å². The Kier molecular flexibility index (Phi) is 2.46. The maximum absolute atomic E-state index is 10.9. The molecule has 0 aromatic carbocycles. The van der Waals surface area contributed by atoms with E-state index >= 15 is 0 Å². The van der Waals surface area contributed by atoms with Crippen LogP contribution in [0.5, 0.6) is 0 Å². The summed E-state index contributed by atoms with van der Waals surface area (Å²) in [6, 6.07) is 0. The van der Waals surface area contributed by atoms with E-state index in [0.29, 0.717) is 13.0 Å². The lowest BCUT2D eigenvalue weighted by Gasteiger charge is -2.01. The van der Waals surface area contributed by atoms with Gasteiger partial charge in [-0.1, -0.05) is 0 Å². The minimum absolute atomic E-state index is 0.378. The lowest BCUT2D eigenvalue weighted by atomic mass is 10.4. The molecule has 1 aliphatic heterocycles. The smallest absolute Gasteiger partial charge is 0.318 e. The van der Waals surface area contributed by atoms with E-state index < -0.39 is 13.7 Å². The second-order valence-corrected chi connectivity index (χ2v) is 3.78. The molecule has 0 aromatic rings. The van der Waals surface area contributed by atoms with Crippen LogP contribution in [-0.4, -0.2) is 25.3 Å². The summed E-state index contributed by atoms with van der Waals surface area (Å²) in [4.78, 5) is 10.7. The van der Waals surface area contributed by atoms with Crippen molar-refractivity contribution in [3.63, 3.8) is 0 Å².